The Morgan fingerprint density at radius 3 is 2.88 bits per heavy atom. The predicted octanol–water partition coefficient (Wildman–Crippen LogP) is 2.75. The first-order valence-electron chi connectivity index (χ1n) is 5.86. The third kappa shape index (κ3) is 1.69. The third-order valence-corrected chi connectivity index (χ3v) is 3.44. The highest BCUT2D eigenvalue weighted by atomic mass is 16.5. The van der Waals surface area contributed by atoms with Crippen LogP contribution in [0.2, 0.25) is 0 Å². The molecule has 1 aliphatic rings. The van der Waals surface area contributed by atoms with Gasteiger partial charge in [-0.1, -0.05) is 24.2 Å². The lowest BCUT2D eigenvalue weighted by atomic mass is 10.1. The topological polar surface area (TPSA) is 64.9 Å². The number of para-hydroxylation sites is 1. The molecular formula is C13H15N3O. The lowest BCUT2D eigenvalue weighted by Gasteiger charge is -2.02. The zero-order valence-electron chi connectivity index (χ0n) is 9.97. The van der Waals surface area contributed by atoms with Crippen molar-refractivity contribution in [3.05, 3.63) is 29.6 Å². The predicted molar refractivity (Wildman–Crippen MR) is 65.4 cm³/mol. The minimum atomic E-state index is 0.471. The molecule has 1 aromatic heterocycles. The Balaban J connectivity index is 1.98. The highest BCUT2D eigenvalue weighted by molar-refractivity contribution is 5.73. The molecule has 0 amide bonds. The summed E-state index contributed by atoms with van der Waals surface area (Å²) in [6.45, 7) is 4.17. The standard InChI is InChI=1S/C13H15N3O/c1-7-4-3-5-9(11(7)14)13-15-12(16-17-13)10-6-8(10)2/h3-5,8,10H,6,14H2,1-2H3. The molecule has 4 nitrogen and oxygen atoms in total. The van der Waals surface area contributed by atoms with Crippen LogP contribution in [0.5, 0.6) is 0 Å². The number of benzene rings is 1. The van der Waals surface area contributed by atoms with Crippen molar-refractivity contribution in [2.45, 2.75) is 26.2 Å². The second-order valence-corrected chi connectivity index (χ2v) is 4.81. The summed E-state index contributed by atoms with van der Waals surface area (Å²) in [6, 6.07) is 5.83. The van der Waals surface area contributed by atoms with Crippen LogP contribution in [0, 0.1) is 12.8 Å². The summed E-state index contributed by atoms with van der Waals surface area (Å²) in [4.78, 5) is 4.44. The van der Waals surface area contributed by atoms with Gasteiger partial charge in [-0.25, -0.2) is 0 Å². The Kier molecular flexibility index (Phi) is 2.18. The number of nitrogens with zero attached hydrogens (tertiary/aromatic N) is 2. The molecule has 1 aliphatic carbocycles. The van der Waals surface area contributed by atoms with Crippen molar-refractivity contribution in [3.63, 3.8) is 0 Å². The van der Waals surface area contributed by atoms with Gasteiger partial charge in [-0.3, -0.25) is 0 Å². The molecule has 88 valence electrons. The van der Waals surface area contributed by atoms with E-state index in [-0.39, 0.29) is 0 Å². The number of aromatic nitrogens is 2. The molecule has 0 bridgehead atoms. The van der Waals surface area contributed by atoms with Crippen LogP contribution in [-0.4, -0.2) is 10.1 Å². The van der Waals surface area contributed by atoms with Crippen molar-refractivity contribution < 1.29 is 4.52 Å². The summed E-state index contributed by atoms with van der Waals surface area (Å²) in [5.41, 5.74) is 8.59. The first-order chi connectivity index (χ1) is 8.16. The maximum absolute atomic E-state index is 6.02. The van der Waals surface area contributed by atoms with Crippen LogP contribution >= 0.6 is 0 Å². The number of rotatable bonds is 2. The minimum absolute atomic E-state index is 0.471. The Morgan fingerprint density at radius 1 is 1.41 bits per heavy atom. The van der Waals surface area contributed by atoms with E-state index in [1.165, 1.54) is 0 Å². The van der Waals surface area contributed by atoms with Crippen molar-refractivity contribution in [3.8, 4) is 11.5 Å². The average Bonchev–Trinajstić information content (AvgIpc) is 2.86. The van der Waals surface area contributed by atoms with Gasteiger partial charge in [0.2, 0.25) is 0 Å². The SMILES string of the molecule is Cc1cccc(-c2nc(C3CC3C)no2)c1N. The normalized spacial score (nSPS) is 22.7. The summed E-state index contributed by atoms with van der Waals surface area (Å²) in [5, 5.41) is 4.03. The second-order valence-electron chi connectivity index (χ2n) is 4.81. The van der Waals surface area contributed by atoms with Crippen molar-refractivity contribution in [2.24, 2.45) is 5.92 Å². The highest BCUT2D eigenvalue weighted by Gasteiger charge is 2.38. The lowest BCUT2D eigenvalue weighted by molar-refractivity contribution is 0.422. The van der Waals surface area contributed by atoms with Gasteiger partial charge in [0.15, 0.2) is 5.82 Å². The van der Waals surface area contributed by atoms with E-state index in [1.54, 1.807) is 0 Å². The summed E-state index contributed by atoms with van der Waals surface area (Å²) in [7, 11) is 0. The Hall–Kier alpha value is -1.84. The smallest absolute Gasteiger partial charge is 0.260 e. The maximum atomic E-state index is 6.02. The summed E-state index contributed by atoms with van der Waals surface area (Å²) < 4.78 is 5.30. The van der Waals surface area contributed by atoms with E-state index >= 15 is 0 Å². The molecule has 0 spiro atoms. The van der Waals surface area contributed by atoms with E-state index in [9.17, 15) is 0 Å². The molecule has 17 heavy (non-hydrogen) atoms. The van der Waals surface area contributed by atoms with Crippen LogP contribution in [0.4, 0.5) is 5.69 Å². The Bertz CT molecular complexity index is 562. The molecule has 4 heteroatoms. The summed E-state index contributed by atoms with van der Waals surface area (Å²) >= 11 is 0. The van der Waals surface area contributed by atoms with Gasteiger partial charge in [0.05, 0.1) is 5.56 Å². The van der Waals surface area contributed by atoms with Gasteiger partial charge in [-0.2, -0.15) is 4.98 Å². The van der Waals surface area contributed by atoms with Crippen LogP contribution in [0.25, 0.3) is 11.5 Å². The molecule has 0 saturated heterocycles. The van der Waals surface area contributed by atoms with Gasteiger partial charge >= 0.3 is 0 Å². The van der Waals surface area contributed by atoms with Gasteiger partial charge in [0.25, 0.3) is 5.89 Å². The zero-order valence-corrected chi connectivity index (χ0v) is 9.97. The molecule has 1 saturated carbocycles. The molecule has 2 unspecified atom stereocenters. The fraction of sp³-hybridized carbons (Fsp3) is 0.385. The Labute approximate surface area is 99.8 Å². The molecule has 0 radical (unpaired) electrons. The second kappa shape index (κ2) is 3.58. The van der Waals surface area contributed by atoms with Crippen molar-refractivity contribution in [1.29, 1.82) is 0 Å². The quantitative estimate of drug-likeness (QED) is 0.804. The van der Waals surface area contributed by atoms with Crippen molar-refractivity contribution in [1.82, 2.24) is 10.1 Å². The monoisotopic (exact) mass is 229 g/mol. The van der Waals surface area contributed by atoms with E-state index < -0.39 is 0 Å². The molecule has 3 rings (SSSR count). The first-order valence-corrected chi connectivity index (χ1v) is 5.86. The number of aryl methyl sites for hydroxylation is 1. The van der Waals surface area contributed by atoms with Crippen LogP contribution in [-0.2, 0) is 0 Å². The summed E-state index contributed by atoms with van der Waals surface area (Å²) in [6.07, 6.45) is 1.16. The first kappa shape index (κ1) is 10.3. The Morgan fingerprint density at radius 2 is 2.18 bits per heavy atom. The highest BCUT2D eigenvalue weighted by Crippen LogP contribution is 2.46. The van der Waals surface area contributed by atoms with Gasteiger partial charge in [-0.15, -0.1) is 0 Å². The van der Waals surface area contributed by atoms with Gasteiger partial charge < -0.3 is 10.3 Å². The van der Waals surface area contributed by atoms with Gasteiger partial charge in [0, 0.05) is 11.6 Å². The number of anilines is 1. The van der Waals surface area contributed by atoms with Gasteiger partial charge in [-0.05, 0) is 30.9 Å². The van der Waals surface area contributed by atoms with Crippen LogP contribution in [0.3, 0.4) is 0 Å². The fourth-order valence-corrected chi connectivity index (χ4v) is 2.04. The minimum Gasteiger partial charge on any atom is -0.398 e. The zero-order chi connectivity index (χ0) is 12.0. The van der Waals surface area contributed by atoms with Crippen LogP contribution in [0.15, 0.2) is 22.7 Å². The molecule has 2 aromatic rings. The largest absolute Gasteiger partial charge is 0.398 e. The van der Waals surface area contributed by atoms with Gasteiger partial charge in [0.1, 0.15) is 0 Å². The number of hydrogen-bond donors (Lipinski definition) is 1. The fourth-order valence-electron chi connectivity index (χ4n) is 2.04. The summed E-state index contributed by atoms with van der Waals surface area (Å²) in [5.74, 6) is 2.49. The molecule has 2 atom stereocenters. The average molecular weight is 229 g/mol. The molecule has 1 heterocycles. The number of nitrogens with two attached hydrogens (primary N) is 1. The van der Waals surface area contributed by atoms with Crippen molar-refractivity contribution >= 4 is 5.69 Å². The van der Waals surface area contributed by atoms with E-state index in [1.807, 2.05) is 25.1 Å². The molecule has 1 aromatic carbocycles. The molecule has 0 aliphatic heterocycles. The molecular weight excluding hydrogens is 214 g/mol. The third-order valence-electron chi connectivity index (χ3n) is 3.44. The lowest BCUT2D eigenvalue weighted by Crippen LogP contribution is -1.93. The van der Waals surface area contributed by atoms with E-state index in [0.29, 0.717) is 23.4 Å². The van der Waals surface area contributed by atoms with E-state index in [0.717, 1.165) is 23.4 Å². The number of hydrogen-bond acceptors (Lipinski definition) is 4. The van der Waals surface area contributed by atoms with E-state index in [2.05, 4.69) is 17.1 Å². The molecule has 2 N–H and O–H groups in total. The number of nitrogen functional groups attached to an aromatic ring is 1. The molecule has 1 fully saturated rings. The maximum Gasteiger partial charge on any atom is 0.260 e. The van der Waals surface area contributed by atoms with Crippen molar-refractivity contribution in [2.75, 3.05) is 5.73 Å². The van der Waals surface area contributed by atoms with E-state index in [4.69, 9.17) is 10.3 Å². The van der Waals surface area contributed by atoms with Crippen LogP contribution < -0.4 is 5.73 Å². The van der Waals surface area contributed by atoms with Crippen LogP contribution in [0.1, 0.15) is 30.7 Å².